The maximum absolute atomic E-state index is 13.1. The molecule has 1 heterocycles. The second kappa shape index (κ2) is 8.47. The Morgan fingerprint density at radius 1 is 1.03 bits per heavy atom. The van der Waals surface area contributed by atoms with Crippen LogP contribution in [0, 0.1) is 0 Å². The minimum atomic E-state index is -0.124. The molecule has 1 saturated carbocycles. The number of ether oxygens (including phenoxy) is 1. The number of carbonyl (C=O) groups is 1. The van der Waals surface area contributed by atoms with Gasteiger partial charge in [0.05, 0.1) is 12.8 Å². The summed E-state index contributed by atoms with van der Waals surface area (Å²) in [7, 11) is 3.51. The van der Waals surface area contributed by atoms with E-state index in [1.807, 2.05) is 66.5 Å². The van der Waals surface area contributed by atoms with Crippen molar-refractivity contribution >= 4 is 5.91 Å². The molecule has 0 aliphatic heterocycles. The fraction of sp³-hybridized carbons (Fsp3) is 0.348. The SMILES string of the molecule is COc1ccc(-n2nc(C(=O)N(C)C3CCCCC3)nc2-c2ccccc2)cc1. The van der Waals surface area contributed by atoms with E-state index in [2.05, 4.69) is 10.1 Å². The van der Waals surface area contributed by atoms with Crippen LogP contribution in [0.5, 0.6) is 5.75 Å². The maximum Gasteiger partial charge on any atom is 0.293 e. The van der Waals surface area contributed by atoms with E-state index in [0.29, 0.717) is 5.82 Å². The predicted molar refractivity (Wildman–Crippen MR) is 112 cm³/mol. The van der Waals surface area contributed by atoms with Crippen LogP contribution in [0.4, 0.5) is 0 Å². The highest BCUT2D eigenvalue weighted by Crippen LogP contribution is 2.25. The van der Waals surface area contributed by atoms with E-state index in [1.54, 1.807) is 11.8 Å². The van der Waals surface area contributed by atoms with Crippen LogP contribution in [0.1, 0.15) is 42.7 Å². The zero-order valence-corrected chi connectivity index (χ0v) is 16.9. The van der Waals surface area contributed by atoms with Gasteiger partial charge in [-0.1, -0.05) is 49.6 Å². The van der Waals surface area contributed by atoms with Crippen LogP contribution in [-0.4, -0.2) is 45.8 Å². The van der Waals surface area contributed by atoms with Crippen molar-refractivity contribution in [2.24, 2.45) is 0 Å². The van der Waals surface area contributed by atoms with Crippen LogP contribution < -0.4 is 4.74 Å². The van der Waals surface area contributed by atoms with Gasteiger partial charge in [0.15, 0.2) is 5.82 Å². The molecule has 0 N–H and O–H groups in total. The Kier molecular flexibility index (Phi) is 5.60. The zero-order chi connectivity index (χ0) is 20.2. The summed E-state index contributed by atoms with van der Waals surface area (Å²) in [5.74, 6) is 1.52. The molecule has 2 aromatic carbocycles. The molecular weight excluding hydrogens is 364 g/mol. The average Bonchev–Trinajstić information content (AvgIpc) is 3.25. The van der Waals surface area contributed by atoms with Gasteiger partial charge in [-0.15, -0.1) is 5.10 Å². The molecule has 1 aromatic heterocycles. The molecule has 1 amide bonds. The van der Waals surface area contributed by atoms with Crippen LogP contribution in [0.2, 0.25) is 0 Å². The van der Waals surface area contributed by atoms with Crippen molar-refractivity contribution < 1.29 is 9.53 Å². The number of nitrogens with zero attached hydrogens (tertiary/aromatic N) is 4. The van der Waals surface area contributed by atoms with Crippen LogP contribution in [0.25, 0.3) is 17.1 Å². The summed E-state index contributed by atoms with van der Waals surface area (Å²) in [6, 6.07) is 17.7. The smallest absolute Gasteiger partial charge is 0.293 e. The highest BCUT2D eigenvalue weighted by Gasteiger charge is 2.27. The summed E-state index contributed by atoms with van der Waals surface area (Å²) in [6.07, 6.45) is 5.69. The number of hydrogen-bond acceptors (Lipinski definition) is 4. The molecule has 1 fully saturated rings. The quantitative estimate of drug-likeness (QED) is 0.650. The number of methoxy groups -OCH3 is 1. The van der Waals surface area contributed by atoms with Crippen molar-refractivity contribution in [1.82, 2.24) is 19.7 Å². The van der Waals surface area contributed by atoms with Crippen molar-refractivity contribution in [3.05, 3.63) is 60.4 Å². The molecule has 0 spiro atoms. The molecule has 3 aromatic rings. The first-order valence-electron chi connectivity index (χ1n) is 10.1. The van der Waals surface area contributed by atoms with Crippen LogP contribution >= 0.6 is 0 Å². The minimum Gasteiger partial charge on any atom is -0.497 e. The number of carbonyl (C=O) groups excluding carboxylic acids is 1. The molecule has 6 heteroatoms. The molecule has 1 aliphatic rings. The first-order valence-corrected chi connectivity index (χ1v) is 10.1. The molecule has 1 aliphatic carbocycles. The molecular formula is C23H26N4O2. The van der Waals surface area contributed by atoms with E-state index in [9.17, 15) is 4.79 Å². The molecule has 0 bridgehead atoms. The number of rotatable bonds is 5. The lowest BCUT2D eigenvalue weighted by Crippen LogP contribution is -2.38. The fourth-order valence-corrected chi connectivity index (χ4v) is 3.87. The minimum absolute atomic E-state index is 0.124. The molecule has 0 atom stereocenters. The fourth-order valence-electron chi connectivity index (χ4n) is 3.87. The third-order valence-corrected chi connectivity index (χ3v) is 5.59. The Morgan fingerprint density at radius 2 is 1.72 bits per heavy atom. The number of aromatic nitrogens is 3. The van der Waals surface area contributed by atoms with Gasteiger partial charge in [-0.2, -0.15) is 0 Å². The predicted octanol–water partition coefficient (Wildman–Crippen LogP) is 4.35. The lowest BCUT2D eigenvalue weighted by molar-refractivity contribution is 0.0684. The van der Waals surface area contributed by atoms with Crippen molar-refractivity contribution in [2.45, 2.75) is 38.1 Å². The van der Waals surface area contributed by atoms with E-state index < -0.39 is 0 Å². The monoisotopic (exact) mass is 390 g/mol. The Labute approximate surface area is 171 Å². The Morgan fingerprint density at radius 3 is 2.38 bits per heavy atom. The van der Waals surface area contributed by atoms with Crippen molar-refractivity contribution in [2.75, 3.05) is 14.2 Å². The van der Waals surface area contributed by atoms with Crippen molar-refractivity contribution in [3.8, 4) is 22.8 Å². The summed E-state index contributed by atoms with van der Waals surface area (Å²) >= 11 is 0. The van der Waals surface area contributed by atoms with Crippen molar-refractivity contribution in [3.63, 3.8) is 0 Å². The Bertz CT molecular complexity index is 960. The van der Waals surface area contributed by atoms with Crippen LogP contribution in [-0.2, 0) is 0 Å². The van der Waals surface area contributed by atoms with Gasteiger partial charge in [0, 0.05) is 18.7 Å². The van der Waals surface area contributed by atoms with Gasteiger partial charge >= 0.3 is 0 Å². The molecule has 0 saturated heterocycles. The van der Waals surface area contributed by atoms with Gasteiger partial charge in [0.2, 0.25) is 5.82 Å². The molecule has 29 heavy (non-hydrogen) atoms. The lowest BCUT2D eigenvalue weighted by atomic mass is 9.94. The molecule has 0 unspecified atom stereocenters. The highest BCUT2D eigenvalue weighted by atomic mass is 16.5. The van der Waals surface area contributed by atoms with Gasteiger partial charge in [0.25, 0.3) is 5.91 Å². The summed E-state index contributed by atoms with van der Waals surface area (Å²) < 4.78 is 6.99. The van der Waals surface area contributed by atoms with Crippen LogP contribution in [0.3, 0.4) is 0 Å². The number of hydrogen-bond donors (Lipinski definition) is 0. The Balaban J connectivity index is 1.71. The van der Waals surface area contributed by atoms with Gasteiger partial charge in [0.1, 0.15) is 5.75 Å². The summed E-state index contributed by atoms with van der Waals surface area (Å²) in [5, 5.41) is 4.60. The molecule has 4 rings (SSSR count). The lowest BCUT2D eigenvalue weighted by Gasteiger charge is -2.30. The van der Waals surface area contributed by atoms with Crippen LogP contribution in [0.15, 0.2) is 54.6 Å². The first-order chi connectivity index (χ1) is 14.2. The molecule has 150 valence electrons. The topological polar surface area (TPSA) is 60.3 Å². The van der Waals surface area contributed by atoms with E-state index >= 15 is 0 Å². The summed E-state index contributed by atoms with van der Waals surface area (Å²) in [4.78, 5) is 19.6. The van der Waals surface area contributed by atoms with Gasteiger partial charge in [-0.25, -0.2) is 9.67 Å². The summed E-state index contributed by atoms with van der Waals surface area (Å²) in [5.41, 5.74) is 1.74. The van der Waals surface area contributed by atoms with E-state index in [1.165, 1.54) is 19.3 Å². The second-order valence-electron chi connectivity index (χ2n) is 7.44. The standard InChI is InChI=1S/C23H26N4O2/c1-26(18-11-7-4-8-12-18)23(28)21-24-22(17-9-5-3-6-10-17)27(25-21)19-13-15-20(29-2)16-14-19/h3,5-6,9-10,13-16,18H,4,7-8,11-12H2,1-2H3. The normalized spacial score (nSPS) is 14.6. The van der Waals surface area contributed by atoms with Gasteiger partial charge < -0.3 is 9.64 Å². The highest BCUT2D eigenvalue weighted by molar-refractivity contribution is 5.91. The zero-order valence-electron chi connectivity index (χ0n) is 16.9. The average molecular weight is 390 g/mol. The second-order valence-corrected chi connectivity index (χ2v) is 7.44. The summed E-state index contributed by atoms with van der Waals surface area (Å²) in [6.45, 7) is 0. The largest absolute Gasteiger partial charge is 0.497 e. The maximum atomic E-state index is 13.1. The molecule has 6 nitrogen and oxygen atoms in total. The first kappa shape index (κ1) is 19.2. The van der Waals surface area contributed by atoms with Gasteiger partial charge in [-0.3, -0.25) is 4.79 Å². The Hall–Kier alpha value is -3.15. The third kappa shape index (κ3) is 4.01. The van der Waals surface area contributed by atoms with Gasteiger partial charge in [-0.05, 0) is 37.1 Å². The van der Waals surface area contributed by atoms with Crippen molar-refractivity contribution in [1.29, 1.82) is 0 Å². The number of amides is 1. The molecule has 0 radical (unpaired) electrons. The van der Waals surface area contributed by atoms with E-state index in [0.717, 1.165) is 29.8 Å². The third-order valence-electron chi connectivity index (χ3n) is 5.59. The van der Waals surface area contributed by atoms with E-state index in [-0.39, 0.29) is 17.8 Å². The van der Waals surface area contributed by atoms with E-state index in [4.69, 9.17) is 4.74 Å². The number of benzene rings is 2.